The van der Waals surface area contributed by atoms with Crippen molar-refractivity contribution in [2.45, 2.75) is 33.9 Å². The quantitative estimate of drug-likeness (QED) is 0.215. The summed E-state index contributed by atoms with van der Waals surface area (Å²) in [4.78, 5) is 22.8. The monoisotopic (exact) mass is 529 g/mol. The molecule has 11 heteroatoms. The molecule has 8 nitrogen and oxygen atoms in total. The SMILES string of the molecule is COc1cc([N+](=O)[O-])cc2c1N[C@@H](c1ccc(F)cc1)[C@H]1C[C@@H](Sc3ccccc3[N+](=O)[O-])[C@@H](Cl)[C@H]21. The number of para-hydroxylation sites is 1. The first-order valence-electron chi connectivity index (χ1n) is 11.2. The van der Waals surface area contributed by atoms with Crippen LogP contribution < -0.4 is 10.1 Å². The predicted octanol–water partition coefficient (Wildman–Crippen LogP) is 6.69. The Morgan fingerprint density at radius 3 is 2.47 bits per heavy atom. The van der Waals surface area contributed by atoms with Crippen molar-refractivity contribution in [3.8, 4) is 5.75 Å². The molecule has 0 aromatic heterocycles. The van der Waals surface area contributed by atoms with Gasteiger partial charge in [-0.15, -0.1) is 23.4 Å². The Morgan fingerprint density at radius 2 is 1.81 bits per heavy atom. The van der Waals surface area contributed by atoms with E-state index in [1.807, 2.05) is 0 Å². The highest BCUT2D eigenvalue weighted by Crippen LogP contribution is 2.60. The van der Waals surface area contributed by atoms with Gasteiger partial charge in [0.15, 0.2) is 0 Å². The smallest absolute Gasteiger partial charge is 0.282 e. The fourth-order valence-corrected chi connectivity index (χ4v) is 7.25. The second kappa shape index (κ2) is 9.59. The van der Waals surface area contributed by atoms with Crippen molar-refractivity contribution < 1.29 is 19.0 Å². The minimum Gasteiger partial charge on any atom is -0.494 e. The zero-order valence-corrected chi connectivity index (χ0v) is 20.5. The topological polar surface area (TPSA) is 108 Å². The van der Waals surface area contributed by atoms with Gasteiger partial charge in [0.2, 0.25) is 0 Å². The van der Waals surface area contributed by atoms with Crippen molar-refractivity contribution in [3.05, 3.63) is 97.8 Å². The van der Waals surface area contributed by atoms with Crippen LogP contribution in [0.3, 0.4) is 0 Å². The lowest BCUT2D eigenvalue weighted by atomic mass is 9.77. The Kier molecular flexibility index (Phi) is 6.48. The second-order valence-corrected chi connectivity index (χ2v) is 10.6. The van der Waals surface area contributed by atoms with E-state index in [1.165, 1.54) is 49.2 Å². The van der Waals surface area contributed by atoms with E-state index in [0.717, 1.165) is 5.56 Å². The Morgan fingerprint density at radius 1 is 1.08 bits per heavy atom. The fourth-order valence-electron chi connectivity index (χ4n) is 5.31. The van der Waals surface area contributed by atoms with E-state index in [0.29, 0.717) is 28.3 Å². The maximum Gasteiger partial charge on any atom is 0.282 e. The molecule has 1 aliphatic carbocycles. The summed E-state index contributed by atoms with van der Waals surface area (Å²) in [6.45, 7) is 0. The summed E-state index contributed by atoms with van der Waals surface area (Å²) in [5, 5.41) is 26.0. The number of alkyl halides is 1. The average molecular weight is 530 g/mol. The molecule has 1 saturated carbocycles. The van der Waals surface area contributed by atoms with Crippen LogP contribution in [0.2, 0.25) is 0 Å². The molecular weight excluding hydrogens is 509 g/mol. The fraction of sp³-hybridized carbons (Fsp3) is 0.280. The van der Waals surface area contributed by atoms with E-state index in [2.05, 4.69) is 5.32 Å². The van der Waals surface area contributed by atoms with Crippen molar-refractivity contribution in [1.82, 2.24) is 0 Å². The van der Waals surface area contributed by atoms with Crippen LogP contribution in [-0.4, -0.2) is 27.6 Å². The molecule has 36 heavy (non-hydrogen) atoms. The number of ether oxygens (including phenoxy) is 1. The molecule has 2 aliphatic rings. The lowest BCUT2D eigenvalue weighted by Gasteiger charge is -2.38. The molecule has 0 saturated heterocycles. The lowest BCUT2D eigenvalue weighted by Crippen LogP contribution is -2.31. The number of methoxy groups -OCH3 is 1. The molecule has 0 spiro atoms. The van der Waals surface area contributed by atoms with Crippen molar-refractivity contribution in [2.75, 3.05) is 12.4 Å². The third-order valence-corrected chi connectivity index (χ3v) is 8.98. The number of halogens is 2. The summed E-state index contributed by atoms with van der Waals surface area (Å²) in [6.07, 6.45) is 0.592. The number of nitrogens with zero attached hydrogens (tertiary/aromatic N) is 2. The van der Waals surface area contributed by atoms with Crippen molar-refractivity contribution in [3.63, 3.8) is 0 Å². The van der Waals surface area contributed by atoms with Crippen molar-refractivity contribution >= 4 is 40.4 Å². The number of fused-ring (bicyclic) bond motifs is 3. The highest BCUT2D eigenvalue weighted by atomic mass is 35.5. The van der Waals surface area contributed by atoms with Gasteiger partial charge in [-0.25, -0.2) is 4.39 Å². The van der Waals surface area contributed by atoms with Gasteiger partial charge in [0, 0.05) is 23.3 Å². The van der Waals surface area contributed by atoms with Crippen molar-refractivity contribution in [2.24, 2.45) is 5.92 Å². The molecule has 0 unspecified atom stereocenters. The standard InChI is InChI=1S/C25H21ClFN3O5S/c1-35-19-11-15(29(31)32)10-16-22-17(24(28-25(16)19)13-6-8-14(27)9-7-13)12-21(23(22)26)36-20-5-3-2-4-18(20)30(33)34/h2-11,17,21-24,28H,12H2,1H3/t17-,21+,22+,23+,24-/m0/s1. The summed E-state index contributed by atoms with van der Waals surface area (Å²) in [7, 11) is 1.44. The van der Waals surface area contributed by atoms with E-state index < -0.39 is 15.2 Å². The highest BCUT2D eigenvalue weighted by molar-refractivity contribution is 8.00. The van der Waals surface area contributed by atoms with E-state index in [4.69, 9.17) is 16.3 Å². The van der Waals surface area contributed by atoms with Gasteiger partial charge in [0.25, 0.3) is 11.4 Å². The molecule has 0 radical (unpaired) electrons. The van der Waals surface area contributed by atoms with Crippen LogP contribution in [0.4, 0.5) is 21.5 Å². The molecule has 1 aliphatic heterocycles. The molecule has 0 bridgehead atoms. The number of benzene rings is 3. The summed E-state index contributed by atoms with van der Waals surface area (Å²) >= 11 is 8.43. The van der Waals surface area contributed by atoms with Gasteiger partial charge in [-0.1, -0.05) is 24.3 Å². The van der Waals surface area contributed by atoms with Crippen LogP contribution in [0.5, 0.6) is 5.75 Å². The van der Waals surface area contributed by atoms with Crippen LogP contribution >= 0.6 is 23.4 Å². The van der Waals surface area contributed by atoms with E-state index in [1.54, 1.807) is 30.3 Å². The second-order valence-electron chi connectivity index (χ2n) is 8.79. The van der Waals surface area contributed by atoms with E-state index in [9.17, 15) is 24.6 Å². The predicted molar refractivity (Wildman–Crippen MR) is 136 cm³/mol. The Labute approximate surface area is 215 Å². The molecular formula is C25H21ClFN3O5S. The number of rotatable bonds is 6. The van der Waals surface area contributed by atoms with Gasteiger partial charge in [-0.05, 0) is 41.7 Å². The lowest BCUT2D eigenvalue weighted by molar-refractivity contribution is -0.387. The maximum absolute atomic E-state index is 13.7. The third-order valence-electron chi connectivity index (χ3n) is 6.87. The van der Waals surface area contributed by atoms with Crippen LogP contribution in [-0.2, 0) is 0 Å². The van der Waals surface area contributed by atoms with Crippen LogP contribution in [0.15, 0.2) is 65.6 Å². The zero-order chi connectivity index (χ0) is 25.6. The van der Waals surface area contributed by atoms with Gasteiger partial charge < -0.3 is 10.1 Å². The highest BCUT2D eigenvalue weighted by Gasteiger charge is 2.51. The first kappa shape index (κ1) is 24.3. The molecule has 1 N–H and O–H groups in total. The summed E-state index contributed by atoms with van der Waals surface area (Å²) < 4.78 is 19.2. The summed E-state index contributed by atoms with van der Waals surface area (Å²) in [6, 6.07) is 15.3. The summed E-state index contributed by atoms with van der Waals surface area (Å²) in [5.74, 6) is -0.431. The first-order chi connectivity index (χ1) is 17.3. The largest absolute Gasteiger partial charge is 0.494 e. The number of anilines is 1. The van der Waals surface area contributed by atoms with Gasteiger partial charge >= 0.3 is 0 Å². The average Bonchev–Trinajstić information content (AvgIpc) is 3.19. The number of thioether (sulfide) groups is 1. The minimum atomic E-state index is -0.477. The Balaban J connectivity index is 1.60. The van der Waals surface area contributed by atoms with Gasteiger partial charge in [0.05, 0.1) is 45.0 Å². The number of nitro groups is 2. The number of hydrogen-bond acceptors (Lipinski definition) is 7. The Bertz CT molecular complexity index is 1340. The maximum atomic E-state index is 13.7. The number of hydrogen-bond donors (Lipinski definition) is 1. The molecule has 3 aromatic carbocycles. The van der Waals surface area contributed by atoms with E-state index in [-0.39, 0.29) is 40.3 Å². The molecule has 186 valence electrons. The van der Waals surface area contributed by atoms with Gasteiger partial charge in [0.1, 0.15) is 11.6 Å². The molecule has 3 aromatic rings. The van der Waals surface area contributed by atoms with Gasteiger partial charge in [-0.2, -0.15) is 0 Å². The van der Waals surface area contributed by atoms with Gasteiger partial charge in [-0.3, -0.25) is 20.2 Å². The summed E-state index contributed by atoms with van der Waals surface area (Å²) in [5.41, 5.74) is 2.03. The first-order valence-corrected chi connectivity index (χ1v) is 12.5. The molecule has 5 rings (SSSR count). The number of nitro benzene ring substituents is 2. The normalized spacial score (nSPS) is 24.4. The zero-order valence-electron chi connectivity index (χ0n) is 19.0. The van der Waals surface area contributed by atoms with Crippen molar-refractivity contribution in [1.29, 1.82) is 0 Å². The minimum absolute atomic E-state index is 0.00663. The number of non-ortho nitro benzene ring substituents is 1. The molecule has 1 fully saturated rings. The van der Waals surface area contributed by atoms with Crippen LogP contribution in [0.25, 0.3) is 0 Å². The molecule has 1 heterocycles. The van der Waals surface area contributed by atoms with E-state index >= 15 is 0 Å². The van der Waals surface area contributed by atoms with Crippen LogP contribution in [0, 0.1) is 32.0 Å². The molecule has 5 atom stereocenters. The van der Waals surface area contributed by atoms with Crippen LogP contribution in [0.1, 0.15) is 29.5 Å². The third kappa shape index (κ3) is 4.24. The number of nitrogens with one attached hydrogen (secondary N) is 1. The Hall–Kier alpha value is -3.37. The molecule has 0 amide bonds.